The van der Waals surface area contributed by atoms with Crippen molar-refractivity contribution in [2.75, 3.05) is 0 Å². The van der Waals surface area contributed by atoms with E-state index in [9.17, 15) is 13.2 Å². The molecule has 53 valence electrons. The first kappa shape index (κ1) is 6.86. The van der Waals surface area contributed by atoms with E-state index in [1.807, 2.05) is 0 Å². The van der Waals surface area contributed by atoms with Gasteiger partial charge in [0.15, 0.2) is 0 Å². The van der Waals surface area contributed by atoms with Crippen molar-refractivity contribution in [2.45, 2.75) is 25.1 Å². The van der Waals surface area contributed by atoms with Crippen molar-refractivity contribution in [1.29, 1.82) is 0 Å². The normalized spacial score (nSPS) is 30.0. The average Bonchev–Trinajstić information content (AvgIpc) is 1.57. The Hall–Kier alpha value is -0.250. The number of hydrogen-bond donors (Lipinski definition) is 1. The fraction of sp³-hybridized carbons (Fsp3) is 0.800. The Bertz CT molecular complexity index is 109. The SMILES string of the molecule is OC1CC[C]1C(F)(F)F. The summed E-state index contributed by atoms with van der Waals surface area (Å²) < 4.78 is 34.7. The lowest BCUT2D eigenvalue weighted by Gasteiger charge is -2.32. The zero-order valence-electron chi connectivity index (χ0n) is 4.57. The van der Waals surface area contributed by atoms with Gasteiger partial charge in [-0.2, -0.15) is 13.2 Å². The molecule has 9 heavy (non-hydrogen) atoms. The summed E-state index contributed by atoms with van der Waals surface area (Å²) in [6, 6.07) is 0. The second kappa shape index (κ2) is 1.87. The largest absolute Gasteiger partial charge is 0.397 e. The van der Waals surface area contributed by atoms with Crippen molar-refractivity contribution in [3.8, 4) is 0 Å². The van der Waals surface area contributed by atoms with E-state index in [-0.39, 0.29) is 12.8 Å². The molecule has 1 N–H and O–H groups in total. The summed E-state index contributed by atoms with van der Waals surface area (Å²) in [5.74, 6) is -0.678. The van der Waals surface area contributed by atoms with Crippen molar-refractivity contribution in [2.24, 2.45) is 0 Å². The Balaban J connectivity index is 2.44. The molecule has 0 saturated heterocycles. The van der Waals surface area contributed by atoms with Gasteiger partial charge in [-0.25, -0.2) is 0 Å². The third kappa shape index (κ3) is 1.18. The van der Waals surface area contributed by atoms with E-state index in [2.05, 4.69) is 0 Å². The average molecular weight is 139 g/mol. The van der Waals surface area contributed by atoms with Gasteiger partial charge in [0.25, 0.3) is 0 Å². The first-order chi connectivity index (χ1) is 4.02. The molecule has 1 fully saturated rings. The molecule has 0 aromatic carbocycles. The molecule has 0 bridgehead atoms. The molecule has 0 spiro atoms. The van der Waals surface area contributed by atoms with E-state index in [0.717, 1.165) is 0 Å². The molecule has 4 heteroatoms. The highest BCUT2D eigenvalue weighted by Gasteiger charge is 2.50. The van der Waals surface area contributed by atoms with Gasteiger partial charge in [-0.15, -0.1) is 0 Å². The van der Waals surface area contributed by atoms with Crippen molar-refractivity contribution in [1.82, 2.24) is 0 Å². The highest BCUT2D eigenvalue weighted by atomic mass is 19.4. The zero-order chi connectivity index (χ0) is 7.07. The number of alkyl halides is 3. The van der Waals surface area contributed by atoms with E-state index >= 15 is 0 Å². The van der Waals surface area contributed by atoms with Crippen LogP contribution in [-0.2, 0) is 0 Å². The first-order valence-corrected chi connectivity index (χ1v) is 2.63. The predicted molar refractivity (Wildman–Crippen MR) is 24.5 cm³/mol. The maximum Gasteiger partial charge on any atom is 0.397 e. The Morgan fingerprint density at radius 3 is 2.00 bits per heavy atom. The molecule has 0 aliphatic heterocycles. The Morgan fingerprint density at radius 1 is 1.44 bits per heavy atom. The van der Waals surface area contributed by atoms with Crippen molar-refractivity contribution < 1.29 is 18.3 Å². The van der Waals surface area contributed by atoms with Crippen LogP contribution in [0, 0.1) is 5.92 Å². The first-order valence-electron chi connectivity index (χ1n) is 2.63. The highest BCUT2D eigenvalue weighted by molar-refractivity contribution is 5.12. The minimum atomic E-state index is -4.27. The Kier molecular flexibility index (Phi) is 1.42. The third-order valence-electron chi connectivity index (χ3n) is 1.45. The quantitative estimate of drug-likeness (QED) is 0.536. The van der Waals surface area contributed by atoms with Crippen LogP contribution >= 0.6 is 0 Å². The van der Waals surface area contributed by atoms with Crippen LogP contribution in [0.25, 0.3) is 0 Å². The number of halogens is 3. The lowest BCUT2D eigenvalue weighted by molar-refractivity contribution is -0.150. The number of aliphatic hydroxyl groups is 1. The van der Waals surface area contributed by atoms with Crippen LogP contribution in [0.1, 0.15) is 12.8 Å². The summed E-state index contributed by atoms with van der Waals surface area (Å²) in [4.78, 5) is 0. The van der Waals surface area contributed by atoms with Gasteiger partial charge in [-0.05, 0) is 12.8 Å². The molecular weight excluding hydrogens is 133 g/mol. The van der Waals surface area contributed by atoms with Crippen molar-refractivity contribution in [3.05, 3.63) is 5.92 Å². The number of rotatable bonds is 0. The molecule has 0 heterocycles. The second-order valence-corrected chi connectivity index (χ2v) is 2.08. The molecule has 1 aliphatic carbocycles. The molecule has 1 aliphatic rings. The minimum absolute atomic E-state index is 0.00463. The van der Waals surface area contributed by atoms with Crippen LogP contribution in [-0.4, -0.2) is 17.4 Å². The molecule has 1 rings (SSSR count). The van der Waals surface area contributed by atoms with E-state index in [1.54, 1.807) is 0 Å². The van der Waals surface area contributed by atoms with Gasteiger partial charge in [0, 0.05) is 0 Å². The molecule has 0 amide bonds. The molecule has 1 unspecified atom stereocenters. The van der Waals surface area contributed by atoms with E-state index in [4.69, 9.17) is 5.11 Å². The van der Waals surface area contributed by atoms with Gasteiger partial charge < -0.3 is 5.11 Å². The summed E-state index contributed by atoms with van der Waals surface area (Å²) in [7, 11) is 0. The van der Waals surface area contributed by atoms with Gasteiger partial charge >= 0.3 is 6.18 Å². The summed E-state index contributed by atoms with van der Waals surface area (Å²) >= 11 is 0. The lowest BCUT2D eigenvalue weighted by Crippen LogP contribution is -2.39. The Morgan fingerprint density at radius 2 is 2.00 bits per heavy atom. The van der Waals surface area contributed by atoms with Crippen LogP contribution in [0.15, 0.2) is 0 Å². The smallest absolute Gasteiger partial charge is 0.392 e. The van der Waals surface area contributed by atoms with E-state index in [0.29, 0.717) is 0 Å². The van der Waals surface area contributed by atoms with Crippen LogP contribution in [0.2, 0.25) is 0 Å². The highest BCUT2D eigenvalue weighted by Crippen LogP contribution is 2.42. The minimum Gasteiger partial charge on any atom is -0.392 e. The van der Waals surface area contributed by atoms with Crippen LogP contribution in [0.3, 0.4) is 0 Å². The Labute approximate surface area is 50.5 Å². The van der Waals surface area contributed by atoms with Crippen molar-refractivity contribution >= 4 is 0 Å². The topological polar surface area (TPSA) is 20.2 Å². The molecule has 1 nitrogen and oxygen atoms in total. The van der Waals surface area contributed by atoms with Gasteiger partial charge in [-0.1, -0.05) is 0 Å². The zero-order valence-corrected chi connectivity index (χ0v) is 4.57. The van der Waals surface area contributed by atoms with E-state index in [1.165, 1.54) is 0 Å². The fourth-order valence-electron chi connectivity index (χ4n) is 0.748. The summed E-state index contributed by atoms with van der Waals surface area (Å²) in [5.41, 5.74) is 0. The van der Waals surface area contributed by atoms with Crippen LogP contribution in [0.5, 0.6) is 0 Å². The summed E-state index contributed by atoms with van der Waals surface area (Å²) in [6.07, 6.45) is -5.22. The van der Waals surface area contributed by atoms with Crippen LogP contribution in [0.4, 0.5) is 13.2 Å². The maximum absolute atomic E-state index is 11.6. The van der Waals surface area contributed by atoms with Gasteiger partial charge in [-0.3, -0.25) is 0 Å². The van der Waals surface area contributed by atoms with Gasteiger partial charge in [0.1, 0.15) is 5.92 Å². The van der Waals surface area contributed by atoms with Crippen LogP contribution < -0.4 is 0 Å². The molecule has 0 aromatic rings. The molecule has 1 atom stereocenters. The number of aliphatic hydroxyl groups excluding tert-OH is 1. The van der Waals surface area contributed by atoms with Gasteiger partial charge in [0.2, 0.25) is 0 Å². The molecule has 1 saturated carbocycles. The molecule has 0 aromatic heterocycles. The monoisotopic (exact) mass is 139 g/mol. The number of hydrogen-bond acceptors (Lipinski definition) is 1. The maximum atomic E-state index is 11.6. The second-order valence-electron chi connectivity index (χ2n) is 2.08. The predicted octanol–water partition coefficient (Wildman–Crippen LogP) is 1.28. The standard InChI is InChI=1S/C5H6F3O/c6-5(7,8)3-1-2-4(3)9/h4,9H,1-2H2. The summed E-state index contributed by atoms with van der Waals surface area (Å²) in [5, 5.41) is 8.49. The fourth-order valence-corrected chi connectivity index (χ4v) is 0.748. The summed E-state index contributed by atoms with van der Waals surface area (Å²) in [6.45, 7) is 0. The third-order valence-corrected chi connectivity index (χ3v) is 1.45. The lowest BCUT2D eigenvalue weighted by atomic mass is 9.82. The molecule has 1 radical (unpaired) electrons. The van der Waals surface area contributed by atoms with Gasteiger partial charge in [0.05, 0.1) is 6.10 Å². The van der Waals surface area contributed by atoms with E-state index < -0.39 is 18.2 Å². The molecular formula is C5H6F3O. The van der Waals surface area contributed by atoms with Crippen molar-refractivity contribution in [3.63, 3.8) is 0 Å².